The van der Waals surface area contributed by atoms with Crippen molar-refractivity contribution in [2.24, 2.45) is 29.1 Å². The van der Waals surface area contributed by atoms with Gasteiger partial charge in [-0.15, -0.1) is 0 Å². The van der Waals surface area contributed by atoms with Gasteiger partial charge in [-0.3, -0.25) is 9.59 Å². The molecule has 0 aromatic carbocycles. The average molecular weight is 316 g/mol. The molecule has 0 aromatic rings. The van der Waals surface area contributed by atoms with Crippen LogP contribution in [-0.2, 0) is 9.59 Å². The van der Waals surface area contributed by atoms with Crippen molar-refractivity contribution in [2.75, 3.05) is 0 Å². The molecule has 0 saturated heterocycles. The number of rotatable bonds is 1. The summed E-state index contributed by atoms with van der Waals surface area (Å²) in [5.74, 6) is 2.60. The van der Waals surface area contributed by atoms with Gasteiger partial charge in [-0.25, -0.2) is 0 Å². The van der Waals surface area contributed by atoms with Gasteiger partial charge in [0.15, 0.2) is 11.6 Å². The molecule has 0 bridgehead atoms. The molecule has 1 N–H and O–H groups in total. The minimum absolute atomic E-state index is 0.0411. The fourth-order valence-corrected chi connectivity index (χ4v) is 6.78. The van der Waals surface area contributed by atoms with Gasteiger partial charge in [0, 0.05) is 11.8 Å². The van der Waals surface area contributed by atoms with Gasteiger partial charge in [-0.2, -0.15) is 0 Å². The Labute approximate surface area is 138 Å². The van der Waals surface area contributed by atoms with E-state index >= 15 is 0 Å². The number of ketones is 2. The average Bonchev–Trinajstić information content (AvgIpc) is 2.80. The van der Waals surface area contributed by atoms with Crippen LogP contribution in [0.3, 0.4) is 0 Å². The lowest BCUT2D eigenvalue weighted by atomic mass is 9.50. The highest BCUT2D eigenvalue weighted by Crippen LogP contribution is 2.64. The van der Waals surface area contributed by atoms with Gasteiger partial charge in [0.2, 0.25) is 0 Å². The third kappa shape index (κ3) is 1.98. The highest BCUT2D eigenvalue weighted by molar-refractivity contribution is 5.91. The zero-order valence-electron chi connectivity index (χ0n) is 14.3. The van der Waals surface area contributed by atoms with Crippen LogP contribution in [0.1, 0.15) is 65.2 Å². The van der Waals surface area contributed by atoms with Gasteiger partial charge >= 0.3 is 0 Å². The van der Waals surface area contributed by atoms with Crippen LogP contribution >= 0.6 is 0 Å². The first-order valence-corrected chi connectivity index (χ1v) is 9.33. The maximum atomic E-state index is 12.2. The first kappa shape index (κ1) is 15.6. The molecule has 3 nitrogen and oxygen atoms in total. The molecule has 3 heteroatoms. The van der Waals surface area contributed by atoms with Crippen molar-refractivity contribution in [1.29, 1.82) is 0 Å². The van der Waals surface area contributed by atoms with Crippen LogP contribution in [0, 0.1) is 29.1 Å². The van der Waals surface area contributed by atoms with Gasteiger partial charge in [0.25, 0.3) is 0 Å². The maximum Gasteiger partial charge on any atom is 0.161 e. The van der Waals surface area contributed by atoms with E-state index in [1.54, 1.807) is 6.92 Å². The number of aliphatic hydroxyl groups is 1. The van der Waals surface area contributed by atoms with Gasteiger partial charge in [-0.1, -0.05) is 12.5 Å². The first-order valence-electron chi connectivity index (χ1n) is 9.33. The molecule has 4 aliphatic carbocycles. The summed E-state index contributed by atoms with van der Waals surface area (Å²) in [6.07, 6.45) is 9.51. The molecular formula is C20H28O3. The number of carbonyl (C=O) groups is 2. The Hall–Kier alpha value is -0.960. The lowest BCUT2D eigenvalue weighted by Gasteiger charge is -2.55. The molecule has 0 radical (unpaired) electrons. The topological polar surface area (TPSA) is 54.4 Å². The molecule has 3 saturated carbocycles. The summed E-state index contributed by atoms with van der Waals surface area (Å²) in [4.78, 5) is 23.9. The third-order valence-electron chi connectivity index (χ3n) is 8.03. The molecule has 3 fully saturated rings. The summed E-state index contributed by atoms with van der Waals surface area (Å²) < 4.78 is 0. The monoisotopic (exact) mass is 316 g/mol. The quantitative estimate of drug-likeness (QED) is 0.806. The Morgan fingerprint density at radius 1 is 1.13 bits per heavy atom. The Morgan fingerprint density at radius 3 is 2.65 bits per heavy atom. The normalized spacial score (nSPS) is 49.0. The fourth-order valence-electron chi connectivity index (χ4n) is 6.78. The van der Waals surface area contributed by atoms with E-state index < -0.39 is 5.60 Å². The number of fused-ring (bicyclic) bond motifs is 5. The molecule has 23 heavy (non-hydrogen) atoms. The summed E-state index contributed by atoms with van der Waals surface area (Å²) in [7, 11) is 0. The lowest BCUT2D eigenvalue weighted by Crippen LogP contribution is -2.55. The van der Waals surface area contributed by atoms with E-state index in [0.717, 1.165) is 38.5 Å². The van der Waals surface area contributed by atoms with Crippen LogP contribution in [0.15, 0.2) is 11.6 Å². The lowest BCUT2D eigenvalue weighted by molar-refractivity contribution is -0.157. The largest absolute Gasteiger partial charge is 0.382 e. The standard InChI is InChI=1S/C20H28O3/c1-12(21)20(23)10-8-18-17-5-3-13-11-14(22)4-6-15(13)16(17)7-9-19(18,20)2/h11,15-18,23H,3-10H2,1-2H3/t15-,16+,17+,18-,19+,20-/m1/s1. The van der Waals surface area contributed by atoms with Crippen LogP contribution in [0.25, 0.3) is 0 Å². The molecule has 0 heterocycles. The summed E-state index contributed by atoms with van der Waals surface area (Å²) in [5, 5.41) is 11.1. The molecule has 0 aliphatic heterocycles. The molecule has 0 amide bonds. The summed E-state index contributed by atoms with van der Waals surface area (Å²) in [5.41, 5.74) is 0.0402. The van der Waals surface area contributed by atoms with Crippen LogP contribution in [0.2, 0.25) is 0 Å². The first-order chi connectivity index (χ1) is 10.9. The minimum atomic E-state index is -1.11. The second kappa shape index (κ2) is 5.02. The maximum absolute atomic E-state index is 12.2. The molecule has 6 atom stereocenters. The number of hydrogen-bond donors (Lipinski definition) is 1. The SMILES string of the molecule is CC(=O)[C@]1(O)CC[C@@H]2[C@H]3CCC4=CC(=O)CC[C@H]4[C@@H]3CC[C@@]21C. The van der Waals surface area contributed by atoms with Gasteiger partial charge < -0.3 is 5.11 Å². The van der Waals surface area contributed by atoms with Gasteiger partial charge in [-0.05, 0) is 81.6 Å². The van der Waals surface area contributed by atoms with Crippen LogP contribution < -0.4 is 0 Å². The van der Waals surface area contributed by atoms with E-state index in [1.807, 2.05) is 6.08 Å². The van der Waals surface area contributed by atoms with Crippen molar-refractivity contribution in [1.82, 2.24) is 0 Å². The van der Waals surface area contributed by atoms with Gasteiger partial charge in [0.1, 0.15) is 5.60 Å². The highest BCUT2D eigenvalue weighted by atomic mass is 16.3. The van der Waals surface area contributed by atoms with Crippen LogP contribution in [-0.4, -0.2) is 22.3 Å². The summed E-state index contributed by atoms with van der Waals surface area (Å²) in [6.45, 7) is 3.73. The van der Waals surface area contributed by atoms with Crippen molar-refractivity contribution in [3.8, 4) is 0 Å². The predicted octanol–water partition coefficient (Wildman–Crippen LogP) is 3.45. The molecule has 4 aliphatic rings. The molecule has 126 valence electrons. The predicted molar refractivity (Wildman–Crippen MR) is 87.7 cm³/mol. The van der Waals surface area contributed by atoms with E-state index in [1.165, 1.54) is 5.57 Å². The molecular weight excluding hydrogens is 288 g/mol. The zero-order valence-corrected chi connectivity index (χ0v) is 14.3. The summed E-state index contributed by atoms with van der Waals surface area (Å²) in [6, 6.07) is 0. The van der Waals surface area contributed by atoms with E-state index in [9.17, 15) is 14.7 Å². The van der Waals surface area contributed by atoms with Gasteiger partial charge in [0.05, 0.1) is 0 Å². The fraction of sp³-hybridized carbons (Fsp3) is 0.800. The van der Waals surface area contributed by atoms with E-state index in [0.29, 0.717) is 42.3 Å². The Balaban J connectivity index is 1.65. The number of hydrogen-bond acceptors (Lipinski definition) is 3. The Morgan fingerprint density at radius 2 is 1.91 bits per heavy atom. The Bertz CT molecular complexity index is 592. The van der Waals surface area contributed by atoms with Crippen LogP contribution in [0.5, 0.6) is 0 Å². The van der Waals surface area contributed by atoms with Crippen LogP contribution in [0.4, 0.5) is 0 Å². The van der Waals surface area contributed by atoms with Crippen molar-refractivity contribution in [3.05, 3.63) is 11.6 Å². The second-order valence-corrected chi connectivity index (χ2v) is 8.71. The minimum Gasteiger partial charge on any atom is -0.382 e. The van der Waals surface area contributed by atoms with E-state index in [2.05, 4.69) is 6.92 Å². The number of Topliss-reactive ketones (excluding diaryl/α,β-unsaturated/α-hetero) is 1. The smallest absolute Gasteiger partial charge is 0.161 e. The third-order valence-corrected chi connectivity index (χ3v) is 8.03. The molecule has 0 aromatic heterocycles. The van der Waals surface area contributed by atoms with Crippen molar-refractivity contribution >= 4 is 11.6 Å². The second-order valence-electron chi connectivity index (χ2n) is 8.71. The number of carbonyl (C=O) groups excluding carboxylic acids is 2. The molecule has 0 unspecified atom stereocenters. The van der Waals surface area contributed by atoms with E-state index in [-0.39, 0.29) is 11.2 Å². The van der Waals surface area contributed by atoms with Crippen molar-refractivity contribution in [3.63, 3.8) is 0 Å². The zero-order chi connectivity index (χ0) is 16.4. The highest BCUT2D eigenvalue weighted by Gasteiger charge is 2.64. The Kier molecular flexibility index (Phi) is 3.39. The molecule has 4 rings (SSSR count). The van der Waals surface area contributed by atoms with E-state index in [4.69, 9.17) is 0 Å². The summed E-state index contributed by atoms with van der Waals surface area (Å²) >= 11 is 0. The van der Waals surface area contributed by atoms with Crippen molar-refractivity contribution in [2.45, 2.75) is 70.8 Å². The number of allylic oxidation sites excluding steroid dienone is 1. The van der Waals surface area contributed by atoms with Crippen molar-refractivity contribution < 1.29 is 14.7 Å². The molecule has 0 spiro atoms.